The lowest BCUT2D eigenvalue weighted by atomic mass is 9.75. The fraction of sp³-hybridized carbons (Fsp3) is 0.889. The standard InChI is InChI=1S/C18H32O3/c1-7-10-18(6,14(5)19)17(20)21-16-11-13(4)8-9-15(16)12(2)3/h12-13,15-16H,7-11H2,1-6H3/t13-,15+,16+,18+/m0/s1. The molecule has 0 radical (unpaired) electrons. The molecule has 1 saturated carbocycles. The highest BCUT2D eigenvalue weighted by atomic mass is 16.5. The molecule has 1 aliphatic rings. The van der Waals surface area contributed by atoms with E-state index in [-0.39, 0.29) is 17.9 Å². The van der Waals surface area contributed by atoms with E-state index in [2.05, 4.69) is 20.8 Å². The van der Waals surface area contributed by atoms with Gasteiger partial charge in [-0.05, 0) is 50.9 Å². The molecule has 122 valence electrons. The lowest BCUT2D eigenvalue weighted by Crippen LogP contribution is -2.42. The van der Waals surface area contributed by atoms with E-state index in [9.17, 15) is 9.59 Å². The van der Waals surface area contributed by atoms with Gasteiger partial charge in [-0.15, -0.1) is 0 Å². The van der Waals surface area contributed by atoms with Crippen LogP contribution in [0.15, 0.2) is 0 Å². The Kier molecular flexibility index (Phi) is 6.42. The zero-order valence-corrected chi connectivity index (χ0v) is 14.6. The van der Waals surface area contributed by atoms with Crippen LogP contribution in [-0.2, 0) is 14.3 Å². The van der Waals surface area contributed by atoms with E-state index in [4.69, 9.17) is 4.74 Å². The van der Waals surface area contributed by atoms with Crippen LogP contribution in [0.4, 0.5) is 0 Å². The summed E-state index contributed by atoms with van der Waals surface area (Å²) in [5, 5.41) is 0. The summed E-state index contributed by atoms with van der Waals surface area (Å²) >= 11 is 0. The zero-order chi connectivity index (χ0) is 16.2. The molecule has 0 aromatic carbocycles. The van der Waals surface area contributed by atoms with Gasteiger partial charge in [-0.2, -0.15) is 0 Å². The molecular weight excluding hydrogens is 264 g/mol. The third-order valence-electron chi connectivity index (χ3n) is 5.20. The monoisotopic (exact) mass is 296 g/mol. The normalized spacial score (nSPS) is 29.0. The Hall–Kier alpha value is -0.860. The number of carbonyl (C=O) groups is 2. The molecule has 0 amide bonds. The molecule has 21 heavy (non-hydrogen) atoms. The number of rotatable bonds is 6. The van der Waals surface area contributed by atoms with Gasteiger partial charge in [0.1, 0.15) is 17.3 Å². The summed E-state index contributed by atoms with van der Waals surface area (Å²) in [6.45, 7) is 11.8. The van der Waals surface area contributed by atoms with Crippen molar-refractivity contribution < 1.29 is 14.3 Å². The Labute approximate surface area is 129 Å². The second-order valence-electron chi connectivity index (χ2n) is 7.41. The van der Waals surface area contributed by atoms with E-state index in [1.165, 1.54) is 13.3 Å². The molecular formula is C18H32O3. The highest BCUT2D eigenvalue weighted by molar-refractivity contribution is 6.02. The average molecular weight is 296 g/mol. The van der Waals surface area contributed by atoms with Crippen LogP contribution in [0.1, 0.15) is 73.6 Å². The summed E-state index contributed by atoms with van der Waals surface area (Å²) in [6, 6.07) is 0. The largest absolute Gasteiger partial charge is 0.461 e. The second kappa shape index (κ2) is 7.42. The molecule has 3 nitrogen and oxygen atoms in total. The van der Waals surface area contributed by atoms with Gasteiger partial charge >= 0.3 is 5.97 Å². The molecule has 0 aliphatic heterocycles. The molecule has 1 fully saturated rings. The predicted octanol–water partition coefficient (Wildman–Crippen LogP) is 4.39. The SMILES string of the molecule is CCC[C@](C)(C(C)=O)C(=O)O[C@@H]1C[C@@H](C)CC[C@@H]1C(C)C. The minimum atomic E-state index is -0.975. The van der Waals surface area contributed by atoms with Gasteiger partial charge in [-0.25, -0.2) is 0 Å². The van der Waals surface area contributed by atoms with Gasteiger partial charge in [-0.3, -0.25) is 9.59 Å². The molecule has 0 spiro atoms. The van der Waals surface area contributed by atoms with Crippen molar-refractivity contribution in [3.8, 4) is 0 Å². The fourth-order valence-corrected chi connectivity index (χ4v) is 3.44. The number of ketones is 1. The Morgan fingerprint density at radius 2 is 1.90 bits per heavy atom. The van der Waals surface area contributed by atoms with Crippen LogP contribution in [0.3, 0.4) is 0 Å². The molecule has 0 saturated heterocycles. The molecule has 0 unspecified atom stereocenters. The van der Waals surface area contributed by atoms with Crippen molar-refractivity contribution in [3.63, 3.8) is 0 Å². The lowest BCUT2D eigenvalue weighted by molar-refractivity contribution is -0.170. The number of Topliss-reactive ketones (excluding diaryl/α,β-unsaturated/α-hetero) is 1. The minimum absolute atomic E-state index is 0.0308. The minimum Gasteiger partial charge on any atom is -0.461 e. The van der Waals surface area contributed by atoms with E-state index in [0.29, 0.717) is 24.2 Å². The van der Waals surface area contributed by atoms with Gasteiger partial charge in [0.15, 0.2) is 0 Å². The van der Waals surface area contributed by atoms with Gasteiger partial charge in [0.05, 0.1) is 0 Å². The van der Waals surface area contributed by atoms with E-state index < -0.39 is 5.41 Å². The van der Waals surface area contributed by atoms with Crippen molar-refractivity contribution in [3.05, 3.63) is 0 Å². The average Bonchev–Trinajstić information content (AvgIpc) is 2.38. The molecule has 3 heteroatoms. The Morgan fingerprint density at radius 3 is 2.38 bits per heavy atom. The third-order valence-corrected chi connectivity index (χ3v) is 5.20. The van der Waals surface area contributed by atoms with Crippen molar-refractivity contribution in [2.45, 2.75) is 79.8 Å². The van der Waals surface area contributed by atoms with Crippen LogP contribution in [0.5, 0.6) is 0 Å². The number of hydrogen-bond donors (Lipinski definition) is 0. The van der Waals surface area contributed by atoms with Crippen molar-refractivity contribution in [1.82, 2.24) is 0 Å². The number of hydrogen-bond acceptors (Lipinski definition) is 3. The van der Waals surface area contributed by atoms with Crippen molar-refractivity contribution in [1.29, 1.82) is 0 Å². The van der Waals surface area contributed by atoms with Crippen LogP contribution in [0.2, 0.25) is 0 Å². The smallest absolute Gasteiger partial charge is 0.319 e. The Morgan fingerprint density at radius 1 is 1.29 bits per heavy atom. The second-order valence-corrected chi connectivity index (χ2v) is 7.41. The number of ether oxygens (including phenoxy) is 1. The maximum Gasteiger partial charge on any atom is 0.319 e. The summed E-state index contributed by atoms with van der Waals surface area (Å²) in [5.74, 6) is 1.11. The molecule has 0 bridgehead atoms. The summed E-state index contributed by atoms with van der Waals surface area (Å²) < 4.78 is 5.85. The van der Waals surface area contributed by atoms with Gasteiger partial charge in [-0.1, -0.05) is 40.5 Å². The summed E-state index contributed by atoms with van der Waals surface area (Å²) in [7, 11) is 0. The summed E-state index contributed by atoms with van der Waals surface area (Å²) in [4.78, 5) is 24.5. The van der Waals surface area contributed by atoms with Crippen molar-refractivity contribution in [2.24, 2.45) is 23.2 Å². The molecule has 0 N–H and O–H groups in total. The molecule has 4 atom stereocenters. The van der Waals surface area contributed by atoms with Crippen LogP contribution in [0.25, 0.3) is 0 Å². The first kappa shape index (κ1) is 18.2. The number of carbonyl (C=O) groups excluding carboxylic acids is 2. The predicted molar refractivity (Wildman–Crippen MR) is 84.9 cm³/mol. The van der Waals surface area contributed by atoms with Crippen LogP contribution in [0, 0.1) is 23.2 Å². The maximum absolute atomic E-state index is 12.6. The molecule has 0 heterocycles. The summed E-state index contributed by atoms with van der Waals surface area (Å²) in [6.07, 6.45) is 4.58. The van der Waals surface area contributed by atoms with Crippen molar-refractivity contribution >= 4 is 11.8 Å². The molecule has 1 aliphatic carbocycles. The van der Waals surface area contributed by atoms with E-state index in [1.807, 2.05) is 6.92 Å². The van der Waals surface area contributed by atoms with Crippen LogP contribution in [-0.4, -0.2) is 17.9 Å². The van der Waals surface area contributed by atoms with Gasteiger partial charge in [0, 0.05) is 0 Å². The first-order chi connectivity index (χ1) is 9.72. The first-order valence-electron chi connectivity index (χ1n) is 8.44. The van der Waals surface area contributed by atoms with E-state index >= 15 is 0 Å². The topological polar surface area (TPSA) is 43.4 Å². The summed E-state index contributed by atoms with van der Waals surface area (Å²) in [5.41, 5.74) is -0.975. The van der Waals surface area contributed by atoms with Gasteiger partial charge < -0.3 is 4.74 Å². The highest BCUT2D eigenvalue weighted by Crippen LogP contribution is 2.37. The fourth-order valence-electron chi connectivity index (χ4n) is 3.44. The van der Waals surface area contributed by atoms with Gasteiger partial charge in [0.25, 0.3) is 0 Å². The van der Waals surface area contributed by atoms with Crippen molar-refractivity contribution in [2.75, 3.05) is 0 Å². The quantitative estimate of drug-likeness (QED) is 0.539. The lowest BCUT2D eigenvalue weighted by Gasteiger charge is -2.38. The Bertz CT molecular complexity index is 375. The number of esters is 1. The molecule has 0 aromatic heterocycles. The Balaban J connectivity index is 2.84. The highest BCUT2D eigenvalue weighted by Gasteiger charge is 2.42. The van der Waals surface area contributed by atoms with Gasteiger partial charge in [0.2, 0.25) is 0 Å². The third kappa shape index (κ3) is 4.31. The van der Waals surface area contributed by atoms with E-state index in [0.717, 1.165) is 19.3 Å². The van der Waals surface area contributed by atoms with Crippen LogP contribution < -0.4 is 0 Å². The zero-order valence-electron chi connectivity index (χ0n) is 14.6. The van der Waals surface area contributed by atoms with E-state index in [1.54, 1.807) is 6.92 Å². The van der Waals surface area contributed by atoms with Crippen LogP contribution >= 0.6 is 0 Å². The molecule has 1 rings (SSSR count). The molecule has 0 aromatic rings. The maximum atomic E-state index is 12.6. The first-order valence-corrected chi connectivity index (χ1v) is 8.44.